The van der Waals surface area contributed by atoms with Crippen LogP contribution < -0.4 is 11.2 Å². The number of rotatable bonds is 14. The van der Waals surface area contributed by atoms with Crippen LogP contribution in [0.3, 0.4) is 0 Å². The maximum Gasteiger partial charge on any atom is 0.0382 e. The molecule has 22 heavy (non-hydrogen) atoms. The molecule has 1 rings (SSSR count). The minimum absolute atomic E-state index is 0.692. The molecule has 0 aliphatic rings. The van der Waals surface area contributed by atoms with Crippen molar-refractivity contribution < 1.29 is 0 Å². The standard InChI is InChI=1S/C19H35N3/c1-2-3-4-5-6-7-8-12-16-21-22(17-15-20)18-19-13-10-9-11-14-19/h9-11,13-14,21H,2-8,12,15-18,20H2,1H3. The predicted molar refractivity (Wildman–Crippen MR) is 96.5 cm³/mol. The Hall–Kier alpha value is -0.900. The lowest BCUT2D eigenvalue weighted by atomic mass is 10.1. The molecule has 3 N–H and O–H groups in total. The molecule has 0 saturated carbocycles. The first-order valence-corrected chi connectivity index (χ1v) is 9.09. The summed E-state index contributed by atoms with van der Waals surface area (Å²) in [5, 5.41) is 2.25. The lowest BCUT2D eigenvalue weighted by Gasteiger charge is -2.22. The maximum absolute atomic E-state index is 5.71. The summed E-state index contributed by atoms with van der Waals surface area (Å²) in [6, 6.07) is 10.6. The highest BCUT2D eigenvalue weighted by Gasteiger charge is 2.03. The molecule has 0 atom stereocenters. The zero-order valence-electron chi connectivity index (χ0n) is 14.4. The van der Waals surface area contributed by atoms with Gasteiger partial charge in [-0.3, -0.25) is 5.43 Å². The van der Waals surface area contributed by atoms with Gasteiger partial charge in [0.15, 0.2) is 0 Å². The van der Waals surface area contributed by atoms with Crippen molar-refractivity contribution in [1.82, 2.24) is 10.4 Å². The number of benzene rings is 1. The van der Waals surface area contributed by atoms with Crippen LogP contribution in [0.15, 0.2) is 30.3 Å². The summed E-state index contributed by atoms with van der Waals surface area (Å²) in [7, 11) is 0. The molecular formula is C19H35N3. The van der Waals surface area contributed by atoms with E-state index in [1.54, 1.807) is 0 Å². The average molecular weight is 306 g/mol. The first kappa shape index (κ1) is 19.1. The van der Waals surface area contributed by atoms with Gasteiger partial charge in [-0.1, -0.05) is 82.2 Å². The van der Waals surface area contributed by atoms with Crippen LogP contribution in [-0.2, 0) is 6.54 Å². The first-order chi connectivity index (χ1) is 10.9. The van der Waals surface area contributed by atoms with Gasteiger partial charge >= 0.3 is 0 Å². The Kier molecular flexibility index (Phi) is 12.0. The van der Waals surface area contributed by atoms with E-state index in [2.05, 4.69) is 47.7 Å². The maximum atomic E-state index is 5.71. The quantitative estimate of drug-likeness (QED) is 0.402. The monoisotopic (exact) mass is 305 g/mol. The summed E-state index contributed by atoms with van der Waals surface area (Å²) in [5.74, 6) is 0. The molecule has 0 radical (unpaired) electrons. The number of hydrazine groups is 1. The van der Waals surface area contributed by atoms with Crippen molar-refractivity contribution in [1.29, 1.82) is 0 Å². The van der Waals surface area contributed by atoms with Crippen molar-refractivity contribution in [3.05, 3.63) is 35.9 Å². The Morgan fingerprint density at radius 3 is 2.18 bits per heavy atom. The molecule has 1 aromatic rings. The summed E-state index contributed by atoms with van der Waals surface area (Å²) >= 11 is 0. The molecule has 126 valence electrons. The van der Waals surface area contributed by atoms with Gasteiger partial charge in [-0.25, -0.2) is 5.01 Å². The minimum Gasteiger partial charge on any atom is -0.329 e. The number of hydrogen-bond donors (Lipinski definition) is 2. The molecule has 0 unspecified atom stereocenters. The van der Waals surface area contributed by atoms with Crippen LogP contribution >= 0.6 is 0 Å². The van der Waals surface area contributed by atoms with E-state index >= 15 is 0 Å². The van der Waals surface area contributed by atoms with Gasteiger partial charge in [0, 0.05) is 26.2 Å². The van der Waals surface area contributed by atoms with Crippen LogP contribution in [0, 0.1) is 0 Å². The van der Waals surface area contributed by atoms with E-state index in [4.69, 9.17) is 5.73 Å². The summed E-state index contributed by atoms with van der Waals surface area (Å²) in [6.45, 7) is 5.84. The summed E-state index contributed by atoms with van der Waals surface area (Å²) in [5.41, 5.74) is 10.6. The van der Waals surface area contributed by atoms with Gasteiger partial charge in [-0.15, -0.1) is 0 Å². The molecule has 3 nitrogen and oxygen atoms in total. The molecule has 0 aromatic heterocycles. The molecule has 0 fully saturated rings. The highest BCUT2D eigenvalue weighted by molar-refractivity contribution is 5.14. The van der Waals surface area contributed by atoms with Gasteiger partial charge in [-0.2, -0.15) is 0 Å². The smallest absolute Gasteiger partial charge is 0.0382 e. The highest BCUT2D eigenvalue weighted by Crippen LogP contribution is 2.08. The molecule has 3 heteroatoms. The van der Waals surface area contributed by atoms with Gasteiger partial charge in [0.2, 0.25) is 0 Å². The van der Waals surface area contributed by atoms with E-state index in [-0.39, 0.29) is 0 Å². The van der Waals surface area contributed by atoms with E-state index in [1.807, 2.05) is 0 Å². The summed E-state index contributed by atoms with van der Waals surface area (Å²) in [4.78, 5) is 0. The SMILES string of the molecule is CCCCCCCCCCNN(CCN)Cc1ccccc1. The van der Waals surface area contributed by atoms with Crippen molar-refractivity contribution in [3.63, 3.8) is 0 Å². The molecule has 1 aromatic carbocycles. The molecule has 0 amide bonds. The predicted octanol–water partition coefficient (Wildman–Crippen LogP) is 4.09. The second kappa shape index (κ2) is 13.7. The number of hydrogen-bond acceptors (Lipinski definition) is 3. The van der Waals surface area contributed by atoms with Crippen molar-refractivity contribution >= 4 is 0 Å². The van der Waals surface area contributed by atoms with E-state index in [1.165, 1.54) is 56.9 Å². The fraction of sp³-hybridized carbons (Fsp3) is 0.684. The molecule has 0 saturated heterocycles. The van der Waals surface area contributed by atoms with E-state index in [0.717, 1.165) is 19.6 Å². The zero-order chi connectivity index (χ0) is 15.9. The molecule has 0 aliphatic heterocycles. The number of nitrogens with one attached hydrogen (secondary N) is 1. The Balaban J connectivity index is 2.06. The number of nitrogens with zero attached hydrogens (tertiary/aromatic N) is 1. The van der Waals surface area contributed by atoms with Crippen LogP contribution in [0.4, 0.5) is 0 Å². The average Bonchev–Trinajstić information content (AvgIpc) is 2.54. The summed E-state index contributed by atoms with van der Waals surface area (Å²) < 4.78 is 0. The van der Waals surface area contributed by atoms with Crippen LogP contribution in [0.2, 0.25) is 0 Å². The van der Waals surface area contributed by atoms with Gasteiger partial charge < -0.3 is 5.73 Å². The molecule has 0 heterocycles. The first-order valence-electron chi connectivity index (χ1n) is 9.09. The van der Waals surface area contributed by atoms with Crippen molar-refractivity contribution in [2.75, 3.05) is 19.6 Å². The van der Waals surface area contributed by atoms with E-state index < -0.39 is 0 Å². The van der Waals surface area contributed by atoms with Crippen LogP contribution in [0.1, 0.15) is 63.9 Å². The van der Waals surface area contributed by atoms with Crippen molar-refractivity contribution in [2.45, 2.75) is 64.8 Å². The lowest BCUT2D eigenvalue weighted by Crippen LogP contribution is -2.41. The number of nitrogens with two attached hydrogens (primary N) is 1. The van der Waals surface area contributed by atoms with Crippen molar-refractivity contribution in [2.24, 2.45) is 5.73 Å². The lowest BCUT2D eigenvalue weighted by molar-refractivity contribution is 0.182. The third-order valence-corrected chi connectivity index (χ3v) is 3.98. The Labute approximate surface area is 137 Å². The van der Waals surface area contributed by atoms with Crippen LogP contribution in [-0.4, -0.2) is 24.6 Å². The van der Waals surface area contributed by atoms with Gasteiger partial charge in [0.25, 0.3) is 0 Å². The molecule has 0 bridgehead atoms. The van der Waals surface area contributed by atoms with E-state index in [9.17, 15) is 0 Å². The largest absolute Gasteiger partial charge is 0.329 e. The van der Waals surface area contributed by atoms with Gasteiger partial charge in [-0.05, 0) is 12.0 Å². The fourth-order valence-corrected chi connectivity index (χ4v) is 2.67. The normalized spacial score (nSPS) is 11.2. The van der Waals surface area contributed by atoms with E-state index in [0.29, 0.717) is 6.54 Å². The Morgan fingerprint density at radius 2 is 1.55 bits per heavy atom. The van der Waals surface area contributed by atoms with Gasteiger partial charge in [0.05, 0.1) is 0 Å². The summed E-state index contributed by atoms with van der Waals surface area (Å²) in [6.07, 6.45) is 10.9. The minimum atomic E-state index is 0.692. The Morgan fingerprint density at radius 1 is 0.909 bits per heavy atom. The highest BCUT2D eigenvalue weighted by atomic mass is 15.5. The van der Waals surface area contributed by atoms with Crippen LogP contribution in [0.25, 0.3) is 0 Å². The second-order valence-corrected chi connectivity index (χ2v) is 6.08. The third kappa shape index (κ3) is 9.93. The Bertz CT molecular complexity index is 340. The zero-order valence-corrected chi connectivity index (χ0v) is 14.4. The third-order valence-electron chi connectivity index (χ3n) is 3.98. The number of unbranched alkanes of at least 4 members (excludes halogenated alkanes) is 7. The fourth-order valence-electron chi connectivity index (χ4n) is 2.67. The molecule has 0 spiro atoms. The topological polar surface area (TPSA) is 41.3 Å². The second-order valence-electron chi connectivity index (χ2n) is 6.08. The van der Waals surface area contributed by atoms with Crippen LogP contribution in [0.5, 0.6) is 0 Å². The van der Waals surface area contributed by atoms with Crippen molar-refractivity contribution in [3.8, 4) is 0 Å². The van der Waals surface area contributed by atoms with Gasteiger partial charge in [0.1, 0.15) is 0 Å². The molecular weight excluding hydrogens is 270 g/mol. The molecule has 0 aliphatic carbocycles.